The molecule has 0 fully saturated rings. The Labute approximate surface area is 114 Å². The van der Waals surface area contributed by atoms with Crippen molar-refractivity contribution in [1.82, 2.24) is 5.32 Å². The van der Waals surface area contributed by atoms with Crippen LogP contribution in [0.3, 0.4) is 0 Å². The predicted molar refractivity (Wildman–Crippen MR) is 77.3 cm³/mol. The van der Waals surface area contributed by atoms with Gasteiger partial charge in [-0.2, -0.15) is 0 Å². The highest BCUT2D eigenvalue weighted by Crippen LogP contribution is 2.36. The quantitative estimate of drug-likeness (QED) is 0.875. The third-order valence-electron chi connectivity index (χ3n) is 4.09. The zero-order valence-corrected chi connectivity index (χ0v) is 12.2. The number of fused-ring (bicyclic) bond motifs is 1. The van der Waals surface area contributed by atoms with Crippen LogP contribution >= 0.6 is 11.8 Å². The molecule has 1 aromatic rings. The number of hydrogen-bond acceptors (Lipinski definition) is 2. The van der Waals surface area contributed by atoms with Crippen LogP contribution < -0.4 is 5.32 Å². The molecule has 2 atom stereocenters. The molecule has 0 aliphatic carbocycles. The number of alkyl halides is 1. The summed E-state index contributed by atoms with van der Waals surface area (Å²) in [7, 11) is 0. The highest BCUT2D eigenvalue weighted by atomic mass is 32.2. The van der Waals surface area contributed by atoms with Crippen molar-refractivity contribution in [1.29, 1.82) is 0 Å². The van der Waals surface area contributed by atoms with E-state index in [4.69, 9.17) is 0 Å². The summed E-state index contributed by atoms with van der Waals surface area (Å²) < 4.78 is 13.6. The van der Waals surface area contributed by atoms with E-state index in [2.05, 4.69) is 37.4 Å². The number of aryl methyl sites for hydroxylation is 1. The first kappa shape index (κ1) is 13.9. The standard InChI is InChI=1S/C15H22FNS/c1-4-17-11(2)15(3,10-16)13-5-6-14-12(9-13)7-8-18-14/h5-6,9,11,17H,4,7-8,10H2,1-3H3. The van der Waals surface area contributed by atoms with E-state index in [1.807, 2.05) is 18.7 Å². The van der Waals surface area contributed by atoms with Crippen molar-refractivity contribution < 1.29 is 4.39 Å². The number of thioether (sulfide) groups is 1. The molecule has 2 unspecified atom stereocenters. The Morgan fingerprint density at radius 3 is 2.94 bits per heavy atom. The average Bonchev–Trinajstić information content (AvgIpc) is 2.85. The van der Waals surface area contributed by atoms with E-state index in [9.17, 15) is 4.39 Å². The van der Waals surface area contributed by atoms with Crippen LogP contribution in [-0.4, -0.2) is 25.0 Å². The summed E-state index contributed by atoms with van der Waals surface area (Å²) >= 11 is 1.90. The molecule has 1 aliphatic rings. The molecule has 1 nitrogen and oxygen atoms in total. The molecule has 1 N–H and O–H groups in total. The summed E-state index contributed by atoms with van der Waals surface area (Å²) in [6, 6.07) is 6.61. The minimum atomic E-state index is -0.432. The molecule has 0 spiro atoms. The van der Waals surface area contributed by atoms with E-state index in [1.54, 1.807) is 0 Å². The maximum absolute atomic E-state index is 13.6. The number of likely N-dealkylation sites (N-methyl/N-ethyl adjacent to an activating group) is 1. The molecule has 1 aliphatic heterocycles. The second kappa shape index (κ2) is 5.62. The number of hydrogen-bond donors (Lipinski definition) is 1. The van der Waals surface area contributed by atoms with Gasteiger partial charge in [0.2, 0.25) is 0 Å². The van der Waals surface area contributed by atoms with Crippen molar-refractivity contribution >= 4 is 11.8 Å². The van der Waals surface area contributed by atoms with E-state index in [1.165, 1.54) is 10.5 Å². The van der Waals surface area contributed by atoms with Gasteiger partial charge in [0.05, 0.1) is 0 Å². The van der Waals surface area contributed by atoms with E-state index in [0.717, 1.165) is 24.3 Å². The van der Waals surface area contributed by atoms with Crippen LogP contribution in [0.5, 0.6) is 0 Å². The molecular weight excluding hydrogens is 245 g/mol. The maximum Gasteiger partial charge on any atom is 0.100 e. The van der Waals surface area contributed by atoms with E-state index < -0.39 is 5.41 Å². The molecule has 0 aromatic heterocycles. The molecule has 0 saturated heterocycles. The third-order valence-corrected chi connectivity index (χ3v) is 5.21. The molecule has 2 rings (SSSR count). The maximum atomic E-state index is 13.6. The van der Waals surface area contributed by atoms with Crippen molar-refractivity contribution in [2.24, 2.45) is 0 Å². The summed E-state index contributed by atoms with van der Waals surface area (Å²) in [4.78, 5) is 1.37. The molecule has 0 bridgehead atoms. The van der Waals surface area contributed by atoms with Gasteiger partial charge in [-0.3, -0.25) is 4.39 Å². The Kier molecular flexibility index (Phi) is 4.33. The molecule has 0 saturated carbocycles. The molecule has 100 valence electrons. The monoisotopic (exact) mass is 267 g/mol. The topological polar surface area (TPSA) is 12.0 Å². The summed E-state index contributed by atoms with van der Waals surface area (Å²) in [6.07, 6.45) is 1.12. The van der Waals surface area contributed by atoms with Crippen molar-refractivity contribution in [2.45, 2.75) is 43.5 Å². The Morgan fingerprint density at radius 1 is 1.50 bits per heavy atom. The second-order valence-electron chi connectivity index (χ2n) is 5.25. The highest BCUT2D eigenvalue weighted by molar-refractivity contribution is 7.99. The van der Waals surface area contributed by atoms with E-state index in [-0.39, 0.29) is 12.7 Å². The van der Waals surface area contributed by atoms with Gasteiger partial charge in [-0.1, -0.05) is 26.0 Å². The number of halogens is 1. The van der Waals surface area contributed by atoms with Crippen LogP contribution in [0.1, 0.15) is 31.9 Å². The fourth-order valence-electron chi connectivity index (χ4n) is 2.52. The smallest absolute Gasteiger partial charge is 0.100 e. The fraction of sp³-hybridized carbons (Fsp3) is 0.600. The number of rotatable bonds is 5. The van der Waals surface area contributed by atoms with Gasteiger partial charge in [0.15, 0.2) is 0 Å². The van der Waals surface area contributed by atoms with Crippen LogP contribution in [0.2, 0.25) is 0 Å². The van der Waals surface area contributed by atoms with Crippen molar-refractivity contribution in [2.75, 3.05) is 19.0 Å². The van der Waals surface area contributed by atoms with Crippen molar-refractivity contribution in [3.05, 3.63) is 29.3 Å². The molecule has 18 heavy (non-hydrogen) atoms. The Balaban J connectivity index is 2.32. The minimum absolute atomic E-state index is 0.139. The normalized spacial score (nSPS) is 19.3. The lowest BCUT2D eigenvalue weighted by molar-refractivity contribution is 0.259. The van der Waals surface area contributed by atoms with Crippen LogP contribution in [0.25, 0.3) is 0 Å². The molecule has 0 amide bonds. The van der Waals surface area contributed by atoms with Gasteiger partial charge in [0.1, 0.15) is 6.67 Å². The van der Waals surface area contributed by atoms with Crippen LogP contribution in [0.4, 0.5) is 4.39 Å². The Hall–Kier alpha value is -0.540. The SMILES string of the molecule is CCNC(C)C(C)(CF)c1ccc2c(c1)CCS2. The van der Waals surface area contributed by atoms with E-state index >= 15 is 0 Å². The van der Waals surface area contributed by atoms with Crippen LogP contribution in [0, 0.1) is 0 Å². The van der Waals surface area contributed by atoms with E-state index in [0.29, 0.717) is 0 Å². The minimum Gasteiger partial charge on any atom is -0.314 e. The van der Waals surface area contributed by atoms with Gasteiger partial charge in [0.25, 0.3) is 0 Å². The summed E-state index contributed by atoms with van der Waals surface area (Å²) in [5.74, 6) is 1.16. The fourth-order valence-corrected chi connectivity index (χ4v) is 3.57. The van der Waals surface area contributed by atoms with Gasteiger partial charge >= 0.3 is 0 Å². The van der Waals surface area contributed by atoms with Gasteiger partial charge in [-0.25, -0.2) is 0 Å². The largest absolute Gasteiger partial charge is 0.314 e. The first-order valence-electron chi connectivity index (χ1n) is 6.67. The van der Waals surface area contributed by atoms with Gasteiger partial charge in [0, 0.05) is 22.1 Å². The Bertz CT molecular complexity index is 421. The Morgan fingerprint density at radius 2 is 2.28 bits per heavy atom. The van der Waals surface area contributed by atoms with Crippen molar-refractivity contribution in [3.8, 4) is 0 Å². The van der Waals surface area contributed by atoms with Crippen LogP contribution in [-0.2, 0) is 11.8 Å². The lowest BCUT2D eigenvalue weighted by Crippen LogP contribution is -2.46. The zero-order valence-electron chi connectivity index (χ0n) is 11.4. The van der Waals surface area contributed by atoms with Crippen LogP contribution in [0.15, 0.2) is 23.1 Å². The van der Waals surface area contributed by atoms with Gasteiger partial charge < -0.3 is 5.32 Å². The average molecular weight is 267 g/mol. The molecule has 0 radical (unpaired) electrons. The molecular formula is C15H22FNS. The summed E-state index contributed by atoms with van der Waals surface area (Å²) in [5, 5.41) is 3.36. The number of nitrogens with one attached hydrogen (secondary N) is 1. The lowest BCUT2D eigenvalue weighted by atomic mass is 9.77. The first-order chi connectivity index (χ1) is 8.61. The number of benzene rings is 1. The van der Waals surface area contributed by atoms with Crippen molar-refractivity contribution in [3.63, 3.8) is 0 Å². The molecule has 1 heterocycles. The first-order valence-corrected chi connectivity index (χ1v) is 7.66. The molecule has 1 aromatic carbocycles. The zero-order chi connectivity index (χ0) is 13.2. The molecule has 3 heteroatoms. The third kappa shape index (κ3) is 2.43. The summed E-state index contributed by atoms with van der Waals surface area (Å²) in [6.45, 7) is 6.70. The highest BCUT2D eigenvalue weighted by Gasteiger charge is 2.33. The summed E-state index contributed by atoms with van der Waals surface area (Å²) in [5.41, 5.74) is 2.08. The lowest BCUT2D eigenvalue weighted by Gasteiger charge is -2.34. The van der Waals surface area contributed by atoms with Gasteiger partial charge in [-0.05, 0) is 37.1 Å². The second-order valence-corrected chi connectivity index (χ2v) is 6.39. The predicted octanol–water partition coefficient (Wildman–Crippen LogP) is 3.56. The van der Waals surface area contributed by atoms with Gasteiger partial charge in [-0.15, -0.1) is 11.8 Å².